The highest BCUT2D eigenvalue weighted by molar-refractivity contribution is 7.51. The van der Waals surface area contributed by atoms with Gasteiger partial charge < -0.3 is 20.8 Å². The molecule has 0 amide bonds. The number of rotatable bonds is 8. The third kappa shape index (κ3) is 20.7. The summed E-state index contributed by atoms with van der Waals surface area (Å²) in [5.41, 5.74) is 6.34. The molecular weight excluding hydrogens is 313 g/mol. The smallest absolute Gasteiger partial charge is 0.325 e. The molecule has 0 fully saturated rings. The second-order valence-electron chi connectivity index (χ2n) is 4.05. The predicted octanol–water partition coefficient (Wildman–Crippen LogP) is 2.63. The zero-order valence-electron chi connectivity index (χ0n) is 14.7. The molecule has 0 heterocycles. The summed E-state index contributed by atoms with van der Waals surface area (Å²) in [7, 11) is -0.486. The van der Waals surface area contributed by atoms with Crippen LogP contribution in [0.2, 0.25) is 0 Å². The first-order chi connectivity index (χ1) is 10.9. The fourth-order valence-corrected chi connectivity index (χ4v) is 1.87. The number of hydrogen-bond donors (Lipinski definition) is 4. The third-order valence-electron chi connectivity index (χ3n) is 2.23. The van der Waals surface area contributed by atoms with Crippen LogP contribution >= 0.6 is 7.60 Å². The lowest BCUT2D eigenvalue weighted by molar-refractivity contribution is 0.371. The van der Waals surface area contributed by atoms with E-state index >= 15 is 0 Å². The summed E-state index contributed by atoms with van der Waals surface area (Å²) < 4.78 is 10.2. The third-order valence-corrected chi connectivity index (χ3v) is 3.13. The first-order valence-corrected chi connectivity index (χ1v) is 9.01. The van der Waals surface area contributed by atoms with E-state index in [-0.39, 0.29) is 6.16 Å². The van der Waals surface area contributed by atoms with Crippen LogP contribution in [0.4, 0.5) is 0 Å². The molecule has 0 aromatic rings. The number of nitrogens with zero attached hydrogens (tertiary/aromatic N) is 1. The number of hydrogen-bond acceptors (Lipinski definition) is 4. The molecule has 5 N–H and O–H groups in total. The number of allylic oxidation sites excluding steroid dienone is 6. The minimum absolute atomic E-state index is 0.0200. The van der Waals surface area contributed by atoms with E-state index in [1.54, 1.807) is 13.1 Å². The Bertz CT molecular complexity index is 412. The van der Waals surface area contributed by atoms with Crippen LogP contribution in [0, 0.1) is 0 Å². The second kappa shape index (κ2) is 18.7. The van der Waals surface area contributed by atoms with Gasteiger partial charge in [0.2, 0.25) is 0 Å². The molecule has 0 radical (unpaired) electrons. The number of nitrogens with one attached hydrogen (secondary N) is 1. The van der Waals surface area contributed by atoms with Gasteiger partial charge in [0.1, 0.15) is 0 Å². The van der Waals surface area contributed by atoms with Gasteiger partial charge in [-0.15, -0.1) is 0 Å². The molecule has 6 nitrogen and oxygen atoms in total. The summed E-state index contributed by atoms with van der Waals surface area (Å²) >= 11 is 0. The fraction of sp³-hybridized carbons (Fsp3) is 0.438. The van der Waals surface area contributed by atoms with Crippen molar-refractivity contribution in [1.82, 2.24) is 5.32 Å². The molecule has 0 bridgehead atoms. The van der Waals surface area contributed by atoms with Crippen LogP contribution < -0.4 is 11.1 Å². The van der Waals surface area contributed by atoms with E-state index < -0.39 is 7.60 Å². The maximum atomic E-state index is 10.2. The van der Waals surface area contributed by atoms with Crippen LogP contribution in [-0.2, 0) is 4.57 Å². The molecule has 0 unspecified atom stereocenters. The second-order valence-corrected chi connectivity index (χ2v) is 5.82. The standard InChI is InChI=1S/C11H15N.C4H12NO3P.CH5N/c1-5-8-10(7-3)11(12-4)9-6-2;1-5-3-2-4-9(6,7)8;1-2/h5-9H,3-4H2,1-2H3;5H,2-4H2,1H3,(H2,6,7,8);2H2,1H3/b8-5-,9-6-,11-10-;;. The van der Waals surface area contributed by atoms with E-state index in [0.29, 0.717) is 13.0 Å². The van der Waals surface area contributed by atoms with E-state index in [0.717, 1.165) is 11.3 Å². The Morgan fingerprint density at radius 2 is 1.78 bits per heavy atom. The highest BCUT2D eigenvalue weighted by Crippen LogP contribution is 2.34. The lowest BCUT2D eigenvalue weighted by atomic mass is 10.2. The SMILES string of the molecule is C=CC(/C=C\C)=C(\C=C/C)N=C.CN.CNCCCP(=O)(O)O. The maximum absolute atomic E-state index is 10.2. The molecule has 0 saturated carbocycles. The van der Waals surface area contributed by atoms with Gasteiger partial charge in [-0.1, -0.05) is 30.9 Å². The van der Waals surface area contributed by atoms with E-state index in [1.807, 2.05) is 38.2 Å². The quantitative estimate of drug-likeness (QED) is 0.234. The van der Waals surface area contributed by atoms with Gasteiger partial charge >= 0.3 is 7.60 Å². The van der Waals surface area contributed by atoms with Crippen LogP contribution in [0.1, 0.15) is 20.3 Å². The molecule has 0 rings (SSSR count). The molecule has 0 aliphatic carbocycles. The topological polar surface area (TPSA) is 108 Å². The van der Waals surface area contributed by atoms with Crippen molar-refractivity contribution >= 4 is 14.3 Å². The lowest BCUT2D eigenvalue weighted by Gasteiger charge is -2.01. The summed E-state index contributed by atoms with van der Waals surface area (Å²) in [6, 6.07) is 0. The molecule has 0 spiro atoms. The highest BCUT2D eigenvalue weighted by atomic mass is 31.2. The molecule has 23 heavy (non-hydrogen) atoms. The van der Waals surface area contributed by atoms with Gasteiger partial charge in [0.15, 0.2) is 0 Å². The Kier molecular flexibility index (Phi) is 21.7. The van der Waals surface area contributed by atoms with Gasteiger partial charge in [0.05, 0.1) is 11.9 Å². The van der Waals surface area contributed by atoms with Crippen LogP contribution in [-0.4, -0.2) is 43.3 Å². The Morgan fingerprint density at radius 1 is 1.26 bits per heavy atom. The average Bonchev–Trinajstić information content (AvgIpc) is 2.52. The molecule has 0 saturated heterocycles. The Labute approximate surface area is 140 Å². The summed E-state index contributed by atoms with van der Waals surface area (Å²) in [5, 5.41) is 2.80. The normalized spacial score (nSPS) is 12.0. The van der Waals surface area contributed by atoms with Gasteiger partial charge in [-0.2, -0.15) is 0 Å². The first kappa shape index (κ1) is 26.6. The summed E-state index contributed by atoms with van der Waals surface area (Å²) in [4.78, 5) is 20.5. The van der Waals surface area contributed by atoms with Gasteiger partial charge in [-0.25, -0.2) is 0 Å². The summed E-state index contributed by atoms with van der Waals surface area (Å²) in [6.45, 7) is 11.8. The van der Waals surface area contributed by atoms with Crippen molar-refractivity contribution in [2.75, 3.05) is 26.8 Å². The van der Waals surface area contributed by atoms with Crippen LogP contribution in [0.3, 0.4) is 0 Å². The zero-order chi connectivity index (χ0) is 18.7. The van der Waals surface area contributed by atoms with Crippen molar-refractivity contribution < 1.29 is 14.4 Å². The van der Waals surface area contributed by atoms with Crippen molar-refractivity contribution in [2.24, 2.45) is 10.7 Å². The van der Waals surface area contributed by atoms with Crippen molar-refractivity contribution in [3.05, 3.63) is 48.2 Å². The molecule has 0 aromatic carbocycles. The van der Waals surface area contributed by atoms with Gasteiger partial charge in [0, 0.05) is 0 Å². The summed E-state index contributed by atoms with van der Waals surface area (Å²) in [6.07, 6.45) is 10.0. The van der Waals surface area contributed by atoms with Crippen LogP contribution in [0.25, 0.3) is 0 Å². The lowest BCUT2D eigenvalue weighted by Crippen LogP contribution is -2.09. The van der Waals surface area contributed by atoms with E-state index in [2.05, 4.69) is 29.3 Å². The maximum Gasteiger partial charge on any atom is 0.325 e. The summed E-state index contributed by atoms with van der Waals surface area (Å²) in [5.74, 6) is 0. The minimum Gasteiger partial charge on any atom is -0.333 e. The van der Waals surface area contributed by atoms with E-state index in [4.69, 9.17) is 9.79 Å². The largest absolute Gasteiger partial charge is 0.333 e. The minimum atomic E-state index is -3.74. The van der Waals surface area contributed by atoms with Gasteiger partial charge in [-0.3, -0.25) is 9.56 Å². The van der Waals surface area contributed by atoms with Gasteiger partial charge in [-0.05, 0) is 59.3 Å². The van der Waals surface area contributed by atoms with E-state index in [1.165, 1.54) is 7.05 Å². The predicted molar refractivity (Wildman–Crippen MR) is 102 cm³/mol. The van der Waals surface area contributed by atoms with Crippen molar-refractivity contribution in [2.45, 2.75) is 20.3 Å². The Morgan fingerprint density at radius 3 is 2.09 bits per heavy atom. The van der Waals surface area contributed by atoms with Crippen molar-refractivity contribution in [1.29, 1.82) is 0 Å². The van der Waals surface area contributed by atoms with Crippen LogP contribution in [0.5, 0.6) is 0 Å². The fourth-order valence-electron chi connectivity index (χ4n) is 1.30. The van der Waals surface area contributed by atoms with Gasteiger partial charge in [0.25, 0.3) is 0 Å². The first-order valence-electron chi connectivity index (χ1n) is 7.22. The Hall–Kier alpha value is -1.30. The zero-order valence-corrected chi connectivity index (χ0v) is 15.6. The van der Waals surface area contributed by atoms with E-state index in [9.17, 15) is 4.57 Å². The molecule has 0 atom stereocenters. The molecule has 0 aromatic heterocycles. The average molecular weight is 345 g/mol. The molecular formula is C16H32N3O3P. The number of aliphatic imine (C=N–C) groups is 1. The van der Waals surface area contributed by atoms with Crippen molar-refractivity contribution in [3.63, 3.8) is 0 Å². The van der Waals surface area contributed by atoms with Crippen LogP contribution in [0.15, 0.2) is 53.2 Å². The molecule has 134 valence electrons. The van der Waals surface area contributed by atoms with Crippen molar-refractivity contribution in [3.8, 4) is 0 Å². The monoisotopic (exact) mass is 345 g/mol. The highest BCUT2D eigenvalue weighted by Gasteiger charge is 2.10. The number of nitrogens with two attached hydrogens (primary N) is 1. The molecule has 0 aliphatic rings. The molecule has 7 heteroatoms. The Balaban J connectivity index is -0.000000324. The molecule has 0 aliphatic heterocycles.